The highest BCUT2D eigenvalue weighted by Gasteiger charge is 2.17. The smallest absolute Gasteiger partial charge is 0.234 e. The number of likely N-dealkylation sites (tertiary alicyclic amines) is 1. The first-order valence-electron chi connectivity index (χ1n) is 8.53. The highest BCUT2D eigenvalue weighted by atomic mass is 16.2. The van der Waals surface area contributed by atoms with Gasteiger partial charge in [0.15, 0.2) is 0 Å². The Bertz CT molecular complexity index is 334. The van der Waals surface area contributed by atoms with Gasteiger partial charge in [-0.1, -0.05) is 19.3 Å². The molecule has 21 heavy (non-hydrogen) atoms. The lowest BCUT2D eigenvalue weighted by Crippen LogP contribution is -2.42. The summed E-state index contributed by atoms with van der Waals surface area (Å²) in [5.74, 6) is 0.280. The summed E-state index contributed by atoms with van der Waals surface area (Å²) in [4.78, 5) is 25.7. The van der Waals surface area contributed by atoms with Crippen LogP contribution in [0.4, 0.5) is 0 Å². The minimum Gasteiger partial charge on any atom is -0.352 e. The molecule has 120 valence electrons. The molecular weight excluding hydrogens is 266 g/mol. The lowest BCUT2D eigenvalue weighted by molar-refractivity contribution is -0.132. The van der Waals surface area contributed by atoms with Gasteiger partial charge in [-0.3, -0.25) is 9.59 Å². The van der Waals surface area contributed by atoms with Crippen molar-refractivity contribution in [3.8, 4) is 0 Å². The maximum Gasteiger partial charge on any atom is 0.234 e. The van der Waals surface area contributed by atoms with Crippen molar-refractivity contribution in [3.05, 3.63) is 0 Å². The van der Waals surface area contributed by atoms with Crippen LogP contribution in [0.25, 0.3) is 0 Å². The normalized spacial score (nSPS) is 20.3. The first kappa shape index (κ1) is 16.3. The van der Waals surface area contributed by atoms with Crippen molar-refractivity contribution in [3.63, 3.8) is 0 Å². The molecule has 2 amide bonds. The molecule has 5 nitrogen and oxygen atoms in total. The van der Waals surface area contributed by atoms with Gasteiger partial charge in [-0.05, 0) is 32.1 Å². The molecule has 0 radical (unpaired) electrons. The molecule has 0 aromatic carbocycles. The Kier molecular flexibility index (Phi) is 7.00. The summed E-state index contributed by atoms with van der Waals surface area (Å²) >= 11 is 0. The van der Waals surface area contributed by atoms with Crippen LogP contribution in [0.3, 0.4) is 0 Å². The third-order valence-electron chi connectivity index (χ3n) is 4.48. The molecule has 1 aliphatic heterocycles. The molecule has 2 rings (SSSR count). The predicted octanol–water partition coefficient (Wildman–Crippen LogP) is 1.43. The summed E-state index contributed by atoms with van der Waals surface area (Å²) < 4.78 is 0. The number of nitrogens with zero attached hydrogens (tertiary/aromatic N) is 1. The van der Waals surface area contributed by atoms with Crippen LogP contribution in [0.1, 0.15) is 57.8 Å². The number of carbonyl (C=O) groups excluding carboxylic acids is 2. The van der Waals surface area contributed by atoms with Crippen molar-refractivity contribution in [2.45, 2.75) is 63.8 Å². The van der Waals surface area contributed by atoms with Gasteiger partial charge in [0.25, 0.3) is 0 Å². The van der Waals surface area contributed by atoms with Crippen LogP contribution in [-0.2, 0) is 9.59 Å². The van der Waals surface area contributed by atoms with Crippen LogP contribution in [0.15, 0.2) is 0 Å². The van der Waals surface area contributed by atoms with E-state index >= 15 is 0 Å². The molecule has 0 bridgehead atoms. The molecule has 0 unspecified atom stereocenters. The number of hydrogen-bond donors (Lipinski definition) is 2. The number of amides is 2. The quantitative estimate of drug-likeness (QED) is 0.729. The number of carbonyl (C=O) groups is 2. The number of rotatable bonds is 6. The maximum absolute atomic E-state index is 11.9. The molecular formula is C16H29N3O2. The molecule has 0 spiro atoms. The second kappa shape index (κ2) is 9.03. The highest BCUT2D eigenvalue weighted by Crippen LogP contribution is 2.17. The van der Waals surface area contributed by atoms with Gasteiger partial charge in [-0.25, -0.2) is 0 Å². The van der Waals surface area contributed by atoms with E-state index in [0.29, 0.717) is 25.6 Å². The first-order valence-corrected chi connectivity index (χ1v) is 8.53. The summed E-state index contributed by atoms with van der Waals surface area (Å²) in [6, 6.07) is 0.364. The topological polar surface area (TPSA) is 61.4 Å². The van der Waals surface area contributed by atoms with E-state index < -0.39 is 0 Å². The van der Waals surface area contributed by atoms with Gasteiger partial charge in [0.05, 0.1) is 6.54 Å². The third kappa shape index (κ3) is 6.04. The lowest BCUT2D eigenvalue weighted by atomic mass is 9.95. The van der Waals surface area contributed by atoms with Gasteiger partial charge in [-0.2, -0.15) is 0 Å². The van der Waals surface area contributed by atoms with E-state index in [-0.39, 0.29) is 11.8 Å². The highest BCUT2D eigenvalue weighted by molar-refractivity contribution is 5.79. The Hall–Kier alpha value is -1.10. The fourth-order valence-electron chi connectivity index (χ4n) is 3.22. The minimum atomic E-state index is 0.0623. The summed E-state index contributed by atoms with van der Waals surface area (Å²) in [5.41, 5.74) is 0. The van der Waals surface area contributed by atoms with E-state index in [1.54, 1.807) is 0 Å². The van der Waals surface area contributed by atoms with E-state index in [4.69, 9.17) is 0 Å². The van der Waals surface area contributed by atoms with E-state index in [1.807, 2.05) is 4.90 Å². The Morgan fingerprint density at radius 2 is 1.62 bits per heavy atom. The SMILES string of the molecule is O=C(CNCCC(=O)N1CCCCC1)NC1CCCCC1. The maximum atomic E-state index is 11.9. The fourth-order valence-corrected chi connectivity index (χ4v) is 3.22. The molecule has 2 aliphatic rings. The minimum absolute atomic E-state index is 0.0623. The zero-order chi connectivity index (χ0) is 14.9. The average molecular weight is 295 g/mol. The molecule has 5 heteroatoms. The summed E-state index contributed by atoms with van der Waals surface area (Å²) in [6.07, 6.45) is 9.96. The molecule has 0 aromatic rings. The van der Waals surface area contributed by atoms with Gasteiger partial charge in [-0.15, -0.1) is 0 Å². The Labute approximate surface area is 127 Å². The summed E-state index contributed by atoms with van der Waals surface area (Å²) in [5, 5.41) is 6.16. The van der Waals surface area contributed by atoms with Crippen LogP contribution in [-0.4, -0.2) is 48.9 Å². The molecule has 0 atom stereocenters. The monoisotopic (exact) mass is 295 g/mol. The molecule has 2 N–H and O–H groups in total. The fraction of sp³-hybridized carbons (Fsp3) is 0.875. The number of nitrogens with one attached hydrogen (secondary N) is 2. The van der Waals surface area contributed by atoms with Gasteiger partial charge in [0, 0.05) is 32.1 Å². The van der Waals surface area contributed by atoms with Gasteiger partial charge < -0.3 is 15.5 Å². The van der Waals surface area contributed by atoms with E-state index in [2.05, 4.69) is 10.6 Å². The molecule has 0 aromatic heterocycles. The van der Waals surface area contributed by atoms with Crippen molar-refractivity contribution >= 4 is 11.8 Å². The van der Waals surface area contributed by atoms with Crippen molar-refractivity contribution in [2.75, 3.05) is 26.2 Å². The first-order chi connectivity index (χ1) is 10.3. The van der Waals surface area contributed by atoms with Crippen LogP contribution >= 0.6 is 0 Å². The van der Waals surface area contributed by atoms with Crippen molar-refractivity contribution in [2.24, 2.45) is 0 Å². The molecule has 1 heterocycles. The van der Waals surface area contributed by atoms with Crippen LogP contribution in [0.5, 0.6) is 0 Å². The van der Waals surface area contributed by atoms with Gasteiger partial charge in [0.2, 0.25) is 11.8 Å². The Morgan fingerprint density at radius 3 is 2.33 bits per heavy atom. The second-order valence-corrected chi connectivity index (χ2v) is 6.27. The van der Waals surface area contributed by atoms with Crippen LogP contribution in [0, 0.1) is 0 Å². The molecule has 1 saturated carbocycles. The van der Waals surface area contributed by atoms with Crippen molar-refractivity contribution < 1.29 is 9.59 Å². The standard InChI is InChI=1S/C16H29N3O2/c20-15(18-14-7-3-1-4-8-14)13-17-10-9-16(21)19-11-5-2-6-12-19/h14,17H,1-13H2,(H,18,20). The van der Waals surface area contributed by atoms with Crippen molar-refractivity contribution in [1.29, 1.82) is 0 Å². The molecule has 2 fully saturated rings. The average Bonchev–Trinajstić information content (AvgIpc) is 2.53. The van der Waals surface area contributed by atoms with E-state index in [1.165, 1.54) is 25.7 Å². The van der Waals surface area contributed by atoms with Crippen molar-refractivity contribution in [1.82, 2.24) is 15.5 Å². The zero-order valence-electron chi connectivity index (χ0n) is 13.0. The van der Waals surface area contributed by atoms with Crippen LogP contribution in [0.2, 0.25) is 0 Å². The Morgan fingerprint density at radius 1 is 0.952 bits per heavy atom. The third-order valence-corrected chi connectivity index (χ3v) is 4.48. The van der Waals surface area contributed by atoms with Crippen LogP contribution < -0.4 is 10.6 Å². The van der Waals surface area contributed by atoms with Gasteiger partial charge >= 0.3 is 0 Å². The number of hydrogen-bond acceptors (Lipinski definition) is 3. The largest absolute Gasteiger partial charge is 0.352 e. The molecule has 1 saturated heterocycles. The zero-order valence-corrected chi connectivity index (χ0v) is 13.0. The van der Waals surface area contributed by atoms with E-state index in [0.717, 1.165) is 38.8 Å². The Balaban J connectivity index is 1.52. The molecule has 1 aliphatic carbocycles. The summed E-state index contributed by atoms with van der Waals surface area (Å²) in [6.45, 7) is 2.72. The lowest BCUT2D eigenvalue weighted by Gasteiger charge is -2.26. The second-order valence-electron chi connectivity index (χ2n) is 6.27. The van der Waals surface area contributed by atoms with Gasteiger partial charge in [0.1, 0.15) is 0 Å². The van der Waals surface area contributed by atoms with E-state index in [9.17, 15) is 9.59 Å². The predicted molar refractivity (Wildman–Crippen MR) is 82.9 cm³/mol. The summed E-state index contributed by atoms with van der Waals surface area (Å²) in [7, 11) is 0. The number of piperidine rings is 1.